The Labute approximate surface area is 87.0 Å². The second-order valence-electron chi connectivity index (χ2n) is 3.66. The van der Waals surface area contributed by atoms with E-state index >= 15 is 0 Å². The maximum atomic E-state index is 11.6. The molecule has 13 heavy (non-hydrogen) atoms. The van der Waals surface area contributed by atoms with E-state index in [1.165, 1.54) is 35.5 Å². The van der Waals surface area contributed by atoms with E-state index in [9.17, 15) is 8.42 Å². The Morgan fingerprint density at radius 3 is 1.77 bits per heavy atom. The lowest BCUT2D eigenvalue weighted by Crippen LogP contribution is -2.26. The third-order valence-corrected chi connectivity index (χ3v) is 10.0. The SMILES string of the molecule is O=S1SS(=O)[C@@H]2CCCCCC[C@H]21. The molecule has 1 heterocycles. The summed E-state index contributed by atoms with van der Waals surface area (Å²) in [6.07, 6.45) is 6.91. The van der Waals surface area contributed by atoms with E-state index in [0.29, 0.717) is 0 Å². The molecule has 0 aromatic heterocycles. The highest BCUT2D eigenvalue weighted by Crippen LogP contribution is 2.39. The fourth-order valence-electron chi connectivity index (χ4n) is 2.02. The van der Waals surface area contributed by atoms with Crippen molar-refractivity contribution in [3.8, 4) is 0 Å². The molecule has 0 radical (unpaired) electrons. The van der Waals surface area contributed by atoms with E-state index in [4.69, 9.17) is 0 Å². The van der Waals surface area contributed by atoms with Gasteiger partial charge in [-0.3, -0.25) is 0 Å². The fourth-order valence-corrected chi connectivity index (χ4v) is 10.3. The minimum absolute atomic E-state index is 0.228. The summed E-state index contributed by atoms with van der Waals surface area (Å²) in [4.78, 5) is 0. The molecule has 2 aliphatic rings. The van der Waals surface area contributed by atoms with Gasteiger partial charge in [-0.1, -0.05) is 25.7 Å². The first-order chi connectivity index (χ1) is 6.29. The number of fused-ring (bicyclic) bond motifs is 1. The summed E-state index contributed by atoms with van der Waals surface area (Å²) < 4.78 is 23.1. The molecule has 76 valence electrons. The maximum Gasteiger partial charge on any atom is 0.0979 e. The smallest absolute Gasteiger partial charge is 0.0979 e. The minimum Gasteiger partial charge on any atom is -0.247 e. The lowest BCUT2D eigenvalue weighted by Gasteiger charge is -2.18. The first kappa shape index (κ1) is 10.2. The van der Waals surface area contributed by atoms with Crippen molar-refractivity contribution < 1.29 is 8.42 Å². The van der Waals surface area contributed by atoms with Crippen molar-refractivity contribution in [2.24, 2.45) is 0 Å². The highest BCUT2D eigenvalue weighted by molar-refractivity contribution is 9.02. The molecule has 0 amide bonds. The van der Waals surface area contributed by atoms with Crippen LogP contribution in [-0.2, 0) is 19.7 Å². The second kappa shape index (κ2) is 4.45. The molecule has 5 heteroatoms. The number of hydrogen-bond donors (Lipinski definition) is 0. The summed E-state index contributed by atoms with van der Waals surface area (Å²) in [5.74, 6) is 0. The molecule has 2 rings (SSSR count). The Hall–Kier alpha value is 0.650. The number of hydrogen-bond acceptors (Lipinski definition) is 3. The van der Waals surface area contributed by atoms with Gasteiger partial charge in [-0.05, 0) is 12.8 Å². The Morgan fingerprint density at radius 2 is 1.31 bits per heavy atom. The molecule has 0 aromatic rings. The highest BCUT2D eigenvalue weighted by Gasteiger charge is 2.40. The van der Waals surface area contributed by atoms with Crippen molar-refractivity contribution >= 4 is 29.5 Å². The lowest BCUT2D eigenvalue weighted by molar-refractivity contribution is 0.511. The van der Waals surface area contributed by atoms with Crippen LogP contribution >= 0.6 is 9.83 Å². The van der Waals surface area contributed by atoms with Crippen LogP contribution in [0, 0.1) is 0 Å². The van der Waals surface area contributed by atoms with Gasteiger partial charge in [0.25, 0.3) is 0 Å². The predicted octanol–water partition coefficient (Wildman–Crippen LogP) is 2.15. The second-order valence-corrected chi connectivity index (χ2v) is 9.65. The van der Waals surface area contributed by atoms with Crippen LogP contribution in [0.1, 0.15) is 38.5 Å². The molecule has 1 saturated heterocycles. The van der Waals surface area contributed by atoms with Crippen molar-refractivity contribution in [2.45, 2.75) is 49.0 Å². The summed E-state index contributed by atoms with van der Waals surface area (Å²) in [5, 5.41) is 0.456. The Bertz CT molecular complexity index is 218. The maximum absolute atomic E-state index is 11.6. The van der Waals surface area contributed by atoms with Gasteiger partial charge in [-0.15, -0.1) is 0 Å². The van der Waals surface area contributed by atoms with Gasteiger partial charge in [0, 0.05) is 9.83 Å². The summed E-state index contributed by atoms with van der Waals surface area (Å²) in [6.45, 7) is 0. The standard InChI is InChI=1S/C8H14O2S3/c9-12-7-5-3-1-2-4-6-8(7)13(10)11-12/h7-8H,1-6H2/t7-,8-,12?,13?/m1/s1. The van der Waals surface area contributed by atoms with Crippen LogP contribution in [0.2, 0.25) is 0 Å². The molecule has 2 unspecified atom stereocenters. The van der Waals surface area contributed by atoms with E-state index < -0.39 is 19.7 Å². The molecular formula is C8H14O2S3. The van der Waals surface area contributed by atoms with Crippen LogP contribution in [0.5, 0.6) is 0 Å². The van der Waals surface area contributed by atoms with Crippen molar-refractivity contribution in [1.29, 1.82) is 0 Å². The molecular weight excluding hydrogens is 224 g/mol. The van der Waals surface area contributed by atoms with Crippen LogP contribution in [0.3, 0.4) is 0 Å². The van der Waals surface area contributed by atoms with Gasteiger partial charge in [0.1, 0.15) is 0 Å². The van der Waals surface area contributed by atoms with Gasteiger partial charge in [0.2, 0.25) is 0 Å². The highest BCUT2D eigenvalue weighted by atomic mass is 33.5. The van der Waals surface area contributed by atoms with Crippen molar-refractivity contribution in [3.63, 3.8) is 0 Å². The van der Waals surface area contributed by atoms with Crippen molar-refractivity contribution in [1.82, 2.24) is 0 Å². The van der Waals surface area contributed by atoms with E-state index in [1.807, 2.05) is 0 Å². The molecule has 0 spiro atoms. The molecule has 0 bridgehead atoms. The van der Waals surface area contributed by atoms with Crippen LogP contribution < -0.4 is 0 Å². The molecule has 1 aliphatic carbocycles. The van der Waals surface area contributed by atoms with Crippen LogP contribution in [0.25, 0.3) is 0 Å². The summed E-state index contributed by atoms with van der Waals surface area (Å²) in [6, 6.07) is 0. The van der Waals surface area contributed by atoms with Gasteiger partial charge in [-0.2, -0.15) is 0 Å². The van der Waals surface area contributed by atoms with E-state index in [1.54, 1.807) is 0 Å². The van der Waals surface area contributed by atoms with Crippen LogP contribution in [0.15, 0.2) is 0 Å². The zero-order chi connectivity index (χ0) is 9.26. The summed E-state index contributed by atoms with van der Waals surface area (Å²) in [7, 11) is -0.555. The lowest BCUT2D eigenvalue weighted by atomic mass is 10.0. The normalized spacial score (nSPS) is 46.5. The largest absolute Gasteiger partial charge is 0.247 e. The first-order valence-electron chi connectivity index (χ1n) is 4.79. The van der Waals surface area contributed by atoms with Crippen LogP contribution in [-0.4, -0.2) is 18.9 Å². The van der Waals surface area contributed by atoms with E-state index in [-0.39, 0.29) is 10.5 Å². The molecule has 0 N–H and O–H groups in total. The van der Waals surface area contributed by atoms with Gasteiger partial charge in [0.15, 0.2) is 0 Å². The molecule has 2 fully saturated rings. The Kier molecular flexibility index (Phi) is 3.48. The minimum atomic E-state index is -0.872. The quantitative estimate of drug-likeness (QED) is 0.606. The van der Waals surface area contributed by atoms with E-state index in [2.05, 4.69) is 0 Å². The van der Waals surface area contributed by atoms with Gasteiger partial charge >= 0.3 is 0 Å². The molecule has 1 saturated carbocycles. The first-order valence-corrected chi connectivity index (χ1v) is 9.06. The predicted molar refractivity (Wildman–Crippen MR) is 59.2 cm³/mol. The van der Waals surface area contributed by atoms with Gasteiger partial charge < -0.3 is 0 Å². The van der Waals surface area contributed by atoms with Gasteiger partial charge in [0.05, 0.1) is 30.2 Å². The zero-order valence-corrected chi connectivity index (χ0v) is 9.89. The summed E-state index contributed by atoms with van der Waals surface area (Å²) >= 11 is 0. The Morgan fingerprint density at radius 1 is 0.846 bits per heavy atom. The monoisotopic (exact) mass is 238 g/mol. The average molecular weight is 238 g/mol. The van der Waals surface area contributed by atoms with E-state index in [0.717, 1.165) is 12.8 Å². The molecule has 1 aliphatic heterocycles. The Balaban J connectivity index is 2.11. The molecule has 2 nitrogen and oxygen atoms in total. The summed E-state index contributed by atoms with van der Waals surface area (Å²) in [5.41, 5.74) is 0. The van der Waals surface area contributed by atoms with Crippen molar-refractivity contribution in [2.75, 3.05) is 0 Å². The molecule has 0 aromatic carbocycles. The fraction of sp³-hybridized carbons (Fsp3) is 1.00. The van der Waals surface area contributed by atoms with Gasteiger partial charge in [-0.25, -0.2) is 8.42 Å². The van der Waals surface area contributed by atoms with Crippen molar-refractivity contribution in [3.05, 3.63) is 0 Å². The van der Waals surface area contributed by atoms with Crippen LogP contribution in [0.4, 0.5) is 0 Å². The topological polar surface area (TPSA) is 34.1 Å². The average Bonchev–Trinajstić information content (AvgIpc) is 2.25. The number of rotatable bonds is 0. The third-order valence-electron chi connectivity index (χ3n) is 2.77. The third kappa shape index (κ3) is 2.18. The molecule has 4 atom stereocenters. The zero-order valence-electron chi connectivity index (χ0n) is 7.44.